The van der Waals surface area contributed by atoms with Gasteiger partial charge in [-0.25, -0.2) is 4.98 Å². The van der Waals surface area contributed by atoms with E-state index in [-0.39, 0.29) is 5.38 Å². The summed E-state index contributed by atoms with van der Waals surface area (Å²) in [7, 11) is 0. The Kier molecular flexibility index (Phi) is 3.45. The van der Waals surface area contributed by atoms with Crippen LogP contribution in [0.25, 0.3) is 16.7 Å². The third kappa shape index (κ3) is 2.19. The summed E-state index contributed by atoms with van der Waals surface area (Å²) >= 11 is 12.4. The average molecular weight is 305 g/mol. The summed E-state index contributed by atoms with van der Waals surface area (Å²) in [5, 5.41) is 0.519. The van der Waals surface area contributed by atoms with E-state index in [1.54, 1.807) is 0 Å². The van der Waals surface area contributed by atoms with Gasteiger partial charge in [0.25, 0.3) is 0 Å². The zero-order valence-corrected chi connectivity index (χ0v) is 12.8. The second kappa shape index (κ2) is 5.12. The Morgan fingerprint density at radius 2 is 1.90 bits per heavy atom. The van der Waals surface area contributed by atoms with E-state index >= 15 is 0 Å². The molecule has 2 aromatic carbocycles. The molecular formula is C16H14Cl2N2. The second-order valence-corrected chi connectivity index (χ2v) is 5.94. The molecular weight excluding hydrogens is 291 g/mol. The number of nitrogens with zero attached hydrogens (tertiary/aromatic N) is 2. The summed E-state index contributed by atoms with van der Waals surface area (Å²) in [6.07, 6.45) is 0. The Morgan fingerprint density at radius 1 is 1.15 bits per heavy atom. The van der Waals surface area contributed by atoms with Crippen molar-refractivity contribution in [1.29, 1.82) is 0 Å². The summed E-state index contributed by atoms with van der Waals surface area (Å²) in [5.74, 6) is 0.832. The quantitative estimate of drug-likeness (QED) is 0.588. The lowest BCUT2D eigenvalue weighted by atomic mass is 10.2. The van der Waals surface area contributed by atoms with Crippen molar-refractivity contribution < 1.29 is 0 Å². The number of hydrogen-bond donors (Lipinski definition) is 0. The normalized spacial score (nSPS) is 12.8. The van der Waals surface area contributed by atoms with Crippen LogP contribution < -0.4 is 0 Å². The van der Waals surface area contributed by atoms with Crippen LogP contribution in [0.4, 0.5) is 0 Å². The van der Waals surface area contributed by atoms with Gasteiger partial charge < -0.3 is 0 Å². The Hall–Kier alpha value is -1.51. The van der Waals surface area contributed by atoms with Crippen molar-refractivity contribution in [2.45, 2.75) is 19.2 Å². The number of hydrogen-bond acceptors (Lipinski definition) is 1. The van der Waals surface area contributed by atoms with Gasteiger partial charge >= 0.3 is 0 Å². The lowest BCUT2D eigenvalue weighted by Crippen LogP contribution is -2.01. The molecule has 102 valence electrons. The number of imidazole rings is 1. The Labute approximate surface area is 128 Å². The van der Waals surface area contributed by atoms with Gasteiger partial charge in [-0.05, 0) is 43.7 Å². The van der Waals surface area contributed by atoms with Gasteiger partial charge in [0.05, 0.1) is 16.4 Å². The van der Waals surface area contributed by atoms with Crippen LogP contribution in [0.15, 0.2) is 42.5 Å². The maximum Gasteiger partial charge on any atom is 0.132 e. The van der Waals surface area contributed by atoms with Crippen LogP contribution in [0, 0.1) is 6.92 Å². The van der Waals surface area contributed by atoms with Crippen molar-refractivity contribution >= 4 is 34.2 Å². The van der Waals surface area contributed by atoms with Crippen LogP contribution in [0.2, 0.25) is 5.02 Å². The largest absolute Gasteiger partial charge is 0.295 e. The summed E-state index contributed by atoms with van der Waals surface area (Å²) < 4.78 is 2.08. The molecule has 1 atom stereocenters. The van der Waals surface area contributed by atoms with E-state index < -0.39 is 0 Å². The van der Waals surface area contributed by atoms with Crippen LogP contribution in [0.5, 0.6) is 0 Å². The van der Waals surface area contributed by atoms with Crippen molar-refractivity contribution in [2.75, 3.05) is 0 Å². The number of para-hydroxylation sites is 1. The minimum Gasteiger partial charge on any atom is -0.295 e. The highest BCUT2D eigenvalue weighted by atomic mass is 35.5. The van der Waals surface area contributed by atoms with Gasteiger partial charge in [-0.2, -0.15) is 0 Å². The van der Waals surface area contributed by atoms with E-state index in [4.69, 9.17) is 28.2 Å². The minimum atomic E-state index is -0.180. The lowest BCUT2D eigenvalue weighted by molar-refractivity contribution is 0.882. The molecule has 0 aliphatic rings. The molecule has 2 nitrogen and oxygen atoms in total. The molecule has 0 radical (unpaired) electrons. The zero-order valence-electron chi connectivity index (χ0n) is 11.3. The van der Waals surface area contributed by atoms with E-state index in [0.29, 0.717) is 5.02 Å². The number of rotatable bonds is 2. The molecule has 0 amide bonds. The maximum absolute atomic E-state index is 6.31. The highest BCUT2D eigenvalue weighted by Gasteiger charge is 2.17. The number of fused-ring (bicyclic) bond motifs is 1. The molecule has 4 heteroatoms. The molecule has 0 saturated carbocycles. The van der Waals surface area contributed by atoms with E-state index in [1.807, 2.05) is 37.3 Å². The van der Waals surface area contributed by atoms with Crippen LogP contribution in [-0.4, -0.2) is 9.55 Å². The predicted octanol–water partition coefficient (Wildman–Crippen LogP) is 5.29. The first kappa shape index (κ1) is 13.5. The first-order valence-corrected chi connectivity index (χ1v) is 7.27. The van der Waals surface area contributed by atoms with Crippen molar-refractivity contribution in [3.63, 3.8) is 0 Å². The molecule has 20 heavy (non-hydrogen) atoms. The number of benzene rings is 2. The van der Waals surface area contributed by atoms with Crippen molar-refractivity contribution in [2.24, 2.45) is 0 Å². The molecule has 0 N–H and O–H groups in total. The second-order valence-electron chi connectivity index (χ2n) is 4.84. The van der Waals surface area contributed by atoms with E-state index in [9.17, 15) is 0 Å². The molecule has 0 spiro atoms. The van der Waals surface area contributed by atoms with Crippen LogP contribution in [0.1, 0.15) is 23.7 Å². The third-order valence-corrected chi connectivity index (χ3v) is 3.77. The van der Waals surface area contributed by atoms with Gasteiger partial charge in [0.15, 0.2) is 0 Å². The van der Waals surface area contributed by atoms with Crippen molar-refractivity contribution in [1.82, 2.24) is 9.55 Å². The van der Waals surface area contributed by atoms with Gasteiger partial charge in [0, 0.05) is 10.7 Å². The fourth-order valence-corrected chi connectivity index (χ4v) is 2.74. The first-order chi connectivity index (χ1) is 9.58. The zero-order chi connectivity index (χ0) is 14.3. The van der Waals surface area contributed by atoms with Gasteiger partial charge in [-0.1, -0.05) is 29.8 Å². The first-order valence-electron chi connectivity index (χ1n) is 6.46. The van der Waals surface area contributed by atoms with Gasteiger partial charge in [0.1, 0.15) is 5.82 Å². The molecule has 3 aromatic rings. The summed E-state index contributed by atoms with van der Waals surface area (Å²) in [5.41, 5.74) is 4.15. The number of halogens is 2. The van der Waals surface area contributed by atoms with Gasteiger partial charge in [-0.3, -0.25) is 4.57 Å². The molecule has 1 heterocycles. The Balaban J connectivity index is 2.38. The Morgan fingerprint density at radius 3 is 2.60 bits per heavy atom. The molecule has 0 saturated heterocycles. The monoisotopic (exact) mass is 304 g/mol. The molecule has 0 fully saturated rings. The molecule has 1 aromatic heterocycles. The summed E-state index contributed by atoms with van der Waals surface area (Å²) in [6.45, 7) is 3.99. The SMILES string of the molecule is Cc1cccc2c1nc(C(C)Cl)n2-c1cccc(Cl)c1. The Bertz CT molecular complexity index is 775. The van der Waals surface area contributed by atoms with Crippen LogP contribution in [0.3, 0.4) is 0 Å². The minimum absolute atomic E-state index is 0.180. The highest BCUT2D eigenvalue weighted by molar-refractivity contribution is 6.30. The van der Waals surface area contributed by atoms with Crippen molar-refractivity contribution in [3.05, 3.63) is 58.9 Å². The smallest absolute Gasteiger partial charge is 0.132 e. The third-order valence-electron chi connectivity index (χ3n) is 3.34. The lowest BCUT2D eigenvalue weighted by Gasteiger charge is -2.11. The molecule has 1 unspecified atom stereocenters. The maximum atomic E-state index is 6.31. The standard InChI is InChI=1S/C16H14Cl2N2/c1-10-5-3-8-14-15(10)19-16(11(2)17)20(14)13-7-4-6-12(18)9-13/h3-9,11H,1-2H3. The fourth-order valence-electron chi connectivity index (χ4n) is 2.41. The van der Waals surface area contributed by atoms with E-state index in [2.05, 4.69) is 23.6 Å². The molecule has 0 bridgehead atoms. The fraction of sp³-hybridized carbons (Fsp3) is 0.188. The van der Waals surface area contributed by atoms with Gasteiger partial charge in [0.2, 0.25) is 0 Å². The number of alkyl halides is 1. The highest BCUT2D eigenvalue weighted by Crippen LogP contribution is 2.30. The number of aryl methyl sites for hydroxylation is 1. The summed E-state index contributed by atoms with van der Waals surface area (Å²) in [4.78, 5) is 4.71. The molecule has 3 rings (SSSR count). The van der Waals surface area contributed by atoms with E-state index in [1.165, 1.54) is 0 Å². The molecule has 0 aliphatic heterocycles. The van der Waals surface area contributed by atoms with E-state index in [0.717, 1.165) is 28.1 Å². The topological polar surface area (TPSA) is 17.8 Å². The van der Waals surface area contributed by atoms with Crippen molar-refractivity contribution in [3.8, 4) is 5.69 Å². The average Bonchev–Trinajstić information content (AvgIpc) is 2.80. The summed E-state index contributed by atoms with van der Waals surface area (Å²) in [6, 6.07) is 13.9. The van der Waals surface area contributed by atoms with Crippen LogP contribution in [-0.2, 0) is 0 Å². The van der Waals surface area contributed by atoms with Gasteiger partial charge in [-0.15, -0.1) is 11.6 Å². The van der Waals surface area contributed by atoms with Crippen LogP contribution >= 0.6 is 23.2 Å². The number of aromatic nitrogens is 2. The predicted molar refractivity (Wildman–Crippen MR) is 85.1 cm³/mol. The molecule has 0 aliphatic carbocycles.